The van der Waals surface area contributed by atoms with Crippen molar-refractivity contribution in [2.75, 3.05) is 0 Å². The average molecular weight is 318 g/mol. The van der Waals surface area contributed by atoms with Crippen molar-refractivity contribution >= 4 is 17.5 Å². The lowest BCUT2D eigenvalue weighted by atomic mass is 10.1. The minimum absolute atomic E-state index is 0.137. The number of nitrogens with one attached hydrogen (secondary N) is 1. The van der Waals surface area contributed by atoms with Crippen molar-refractivity contribution < 1.29 is 9.53 Å². The fraction of sp³-hybridized carbons (Fsp3) is 0.278. The van der Waals surface area contributed by atoms with Crippen LogP contribution in [0.5, 0.6) is 5.75 Å². The first-order chi connectivity index (χ1) is 10.3. The van der Waals surface area contributed by atoms with Gasteiger partial charge in [-0.25, -0.2) is 0 Å². The Labute approximate surface area is 136 Å². The Balaban J connectivity index is 2.05. The molecule has 2 aromatic carbocycles. The molecule has 1 amide bonds. The van der Waals surface area contributed by atoms with Crippen LogP contribution in [0.1, 0.15) is 36.7 Å². The van der Waals surface area contributed by atoms with Crippen LogP contribution in [0.25, 0.3) is 0 Å². The second kappa shape index (κ2) is 6.84. The number of halogens is 1. The summed E-state index contributed by atoms with van der Waals surface area (Å²) in [6, 6.07) is 14.5. The van der Waals surface area contributed by atoms with Gasteiger partial charge in [0.05, 0.1) is 0 Å². The van der Waals surface area contributed by atoms with Crippen molar-refractivity contribution in [2.24, 2.45) is 0 Å². The number of carbonyl (C=O) groups is 1. The fourth-order valence-electron chi connectivity index (χ4n) is 1.96. The number of amides is 1. The van der Waals surface area contributed by atoms with Crippen LogP contribution < -0.4 is 10.1 Å². The van der Waals surface area contributed by atoms with Gasteiger partial charge in [0.25, 0.3) is 5.91 Å². The molecule has 4 heteroatoms. The summed E-state index contributed by atoms with van der Waals surface area (Å²) in [6.07, 6.45) is 0. The Kier molecular flexibility index (Phi) is 5.09. The topological polar surface area (TPSA) is 38.3 Å². The Hall–Kier alpha value is -2.00. The van der Waals surface area contributed by atoms with Crippen molar-refractivity contribution in [2.45, 2.75) is 32.9 Å². The lowest BCUT2D eigenvalue weighted by Crippen LogP contribution is -2.26. The zero-order valence-corrected chi connectivity index (χ0v) is 13.8. The summed E-state index contributed by atoms with van der Waals surface area (Å²) in [5.74, 6) is 0.647. The number of benzene rings is 2. The van der Waals surface area contributed by atoms with Crippen molar-refractivity contribution in [3.63, 3.8) is 0 Å². The van der Waals surface area contributed by atoms with E-state index in [1.165, 1.54) is 0 Å². The summed E-state index contributed by atoms with van der Waals surface area (Å²) in [5, 5.41) is 3.51. The summed E-state index contributed by atoms with van der Waals surface area (Å²) < 4.78 is 5.92. The number of carbonyl (C=O) groups excluding carboxylic acids is 1. The second-order valence-electron chi connectivity index (χ2n) is 6.01. The van der Waals surface area contributed by atoms with Gasteiger partial charge in [0.2, 0.25) is 0 Å². The smallest absolute Gasteiger partial charge is 0.251 e. The molecule has 0 radical (unpaired) electrons. The van der Waals surface area contributed by atoms with E-state index in [0.29, 0.717) is 17.1 Å². The zero-order chi connectivity index (χ0) is 16.2. The van der Waals surface area contributed by atoms with Gasteiger partial charge < -0.3 is 10.1 Å². The predicted octanol–water partition coefficient (Wildman–Crippen LogP) is 4.45. The van der Waals surface area contributed by atoms with Crippen LogP contribution >= 0.6 is 11.6 Å². The Morgan fingerprint density at radius 2 is 1.73 bits per heavy atom. The molecule has 0 fully saturated rings. The maximum Gasteiger partial charge on any atom is 0.251 e. The van der Waals surface area contributed by atoms with Crippen LogP contribution in [-0.2, 0) is 6.54 Å². The highest BCUT2D eigenvalue weighted by atomic mass is 35.5. The van der Waals surface area contributed by atoms with Gasteiger partial charge in [0, 0.05) is 22.7 Å². The molecule has 22 heavy (non-hydrogen) atoms. The van der Waals surface area contributed by atoms with Gasteiger partial charge in [-0.05, 0) is 51.1 Å². The van der Waals surface area contributed by atoms with Crippen molar-refractivity contribution in [1.82, 2.24) is 5.32 Å². The minimum atomic E-state index is -0.281. The molecule has 0 spiro atoms. The number of hydrogen-bond donors (Lipinski definition) is 1. The van der Waals surface area contributed by atoms with Crippen LogP contribution in [0.4, 0.5) is 0 Å². The molecule has 0 aliphatic carbocycles. The van der Waals surface area contributed by atoms with Gasteiger partial charge >= 0.3 is 0 Å². The molecule has 1 N–H and O–H groups in total. The standard InChI is InChI=1S/C18H20ClNO2/c1-18(2,3)22-16-7-5-4-6-14(16)12-20-17(21)13-8-10-15(19)11-9-13/h4-11H,12H2,1-3H3,(H,20,21). The molecule has 0 atom stereocenters. The van der Waals surface area contributed by atoms with E-state index in [1.54, 1.807) is 24.3 Å². The van der Waals surface area contributed by atoms with Crippen LogP contribution in [0.3, 0.4) is 0 Å². The van der Waals surface area contributed by atoms with E-state index in [9.17, 15) is 4.79 Å². The third-order valence-corrected chi connectivity index (χ3v) is 3.19. The summed E-state index contributed by atoms with van der Waals surface area (Å²) in [7, 11) is 0. The highest BCUT2D eigenvalue weighted by Gasteiger charge is 2.14. The SMILES string of the molecule is CC(C)(C)Oc1ccccc1CNC(=O)c1ccc(Cl)cc1. The van der Waals surface area contributed by atoms with Crippen LogP contribution in [-0.4, -0.2) is 11.5 Å². The third-order valence-electron chi connectivity index (χ3n) is 2.93. The fourth-order valence-corrected chi connectivity index (χ4v) is 2.08. The molecule has 0 aliphatic heterocycles. The molecule has 0 bridgehead atoms. The monoisotopic (exact) mass is 317 g/mol. The van der Waals surface area contributed by atoms with Crippen molar-refractivity contribution in [3.8, 4) is 5.75 Å². The summed E-state index contributed by atoms with van der Waals surface area (Å²) in [6.45, 7) is 6.40. The first-order valence-electron chi connectivity index (χ1n) is 7.16. The Morgan fingerprint density at radius 3 is 2.36 bits per heavy atom. The summed E-state index contributed by atoms with van der Waals surface area (Å²) >= 11 is 5.82. The Morgan fingerprint density at radius 1 is 1.09 bits per heavy atom. The second-order valence-corrected chi connectivity index (χ2v) is 6.45. The molecule has 0 unspecified atom stereocenters. The van der Waals surface area contributed by atoms with E-state index in [4.69, 9.17) is 16.3 Å². The van der Waals surface area contributed by atoms with Crippen LogP contribution in [0.15, 0.2) is 48.5 Å². The molecule has 2 rings (SSSR count). The molecule has 0 saturated heterocycles. The maximum atomic E-state index is 12.1. The molecular formula is C18H20ClNO2. The van der Waals surface area contributed by atoms with Crippen molar-refractivity contribution in [1.29, 1.82) is 0 Å². The molecule has 116 valence electrons. The van der Waals surface area contributed by atoms with E-state index in [2.05, 4.69) is 5.32 Å². The number of ether oxygens (including phenoxy) is 1. The van der Waals surface area contributed by atoms with E-state index in [1.807, 2.05) is 45.0 Å². The third kappa shape index (κ3) is 4.78. The van der Waals surface area contributed by atoms with Gasteiger partial charge in [0.15, 0.2) is 0 Å². The Bertz CT molecular complexity index is 645. The lowest BCUT2D eigenvalue weighted by Gasteiger charge is -2.23. The summed E-state index contributed by atoms with van der Waals surface area (Å²) in [5.41, 5.74) is 1.24. The van der Waals surface area contributed by atoms with Crippen molar-refractivity contribution in [3.05, 3.63) is 64.7 Å². The molecule has 0 aromatic heterocycles. The molecule has 0 saturated carbocycles. The van der Waals surface area contributed by atoms with E-state index >= 15 is 0 Å². The molecule has 2 aromatic rings. The van der Waals surface area contributed by atoms with E-state index in [-0.39, 0.29) is 11.5 Å². The van der Waals surface area contributed by atoms with Gasteiger partial charge in [-0.15, -0.1) is 0 Å². The molecule has 0 heterocycles. The van der Waals surface area contributed by atoms with E-state index in [0.717, 1.165) is 11.3 Å². The summed E-state index contributed by atoms with van der Waals surface area (Å²) in [4.78, 5) is 12.1. The normalized spacial score (nSPS) is 11.1. The first kappa shape index (κ1) is 16.4. The molecular weight excluding hydrogens is 298 g/mol. The quantitative estimate of drug-likeness (QED) is 0.905. The minimum Gasteiger partial charge on any atom is -0.488 e. The maximum absolute atomic E-state index is 12.1. The van der Waals surface area contributed by atoms with Gasteiger partial charge in [-0.3, -0.25) is 4.79 Å². The van der Waals surface area contributed by atoms with Crippen LogP contribution in [0.2, 0.25) is 5.02 Å². The molecule has 0 aliphatic rings. The first-order valence-corrected chi connectivity index (χ1v) is 7.54. The zero-order valence-electron chi connectivity index (χ0n) is 13.0. The number of para-hydroxylation sites is 1. The van der Waals surface area contributed by atoms with Gasteiger partial charge in [0.1, 0.15) is 11.4 Å². The lowest BCUT2D eigenvalue weighted by molar-refractivity contribution is 0.0949. The van der Waals surface area contributed by atoms with E-state index < -0.39 is 0 Å². The highest BCUT2D eigenvalue weighted by molar-refractivity contribution is 6.30. The largest absolute Gasteiger partial charge is 0.488 e. The molecule has 3 nitrogen and oxygen atoms in total. The number of rotatable bonds is 4. The highest BCUT2D eigenvalue weighted by Crippen LogP contribution is 2.23. The van der Waals surface area contributed by atoms with Gasteiger partial charge in [-0.1, -0.05) is 29.8 Å². The number of hydrogen-bond acceptors (Lipinski definition) is 2. The average Bonchev–Trinajstić information content (AvgIpc) is 2.45. The van der Waals surface area contributed by atoms with Gasteiger partial charge in [-0.2, -0.15) is 0 Å². The predicted molar refractivity (Wildman–Crippen MR) is 89.4 cm³/mol. The van der Waals surface area contributed by atoms with Crippen LogP contribution in [0, 0.1) is 0 Å².